The summed E-state index contributed by atoms with van der Waals surface area (Å²) in [6.45, 7) is 3.70. The van der Waals surface area contributed by atoms with Gasteiger partial charge in [-0.25, -0.2) is 0 Å². The van der Waals surface area contributed by atoms with Crippen LogP contribution in [-0.2, 0) is 14.3 Å². The summed E-state index contributed by atoms with van der Waals surface area (Å²) in [5.41, 5.74) is 0. The lowest BCUT2D eigenvalue weighted by Crippen LogP contribution is -2.60. The van der Waals surface area contributed by atoms with Crippen molar-refractivity contribution in [3.63, 3.8) is 0 Å². The largest absolute Gasteiger partial charge is 0.394 e. The first-order chi connectivity index (χ1) is 26.8. The van der Waals surface area contributed by atoms with Gasteiger partial charge in [-0.15, -0.1) is 0 Å². The molecule has 0 saturated carbocycles. The standard InChI is InChI=1S/C46H83NO8/c1-3-5-7-9-11-13-15-16-17-18-19-20-21-22-23-24-26-28-30-32-34-36-42(50)47-39(38-54-46-45(53)44(52)43(51)41(37-48)55-46)40(49)35-33-31-29-27-25-14-12-10-8-6-4-2/h15-16,18-19,25,27,33,35,39-41,43-46,48-49,51-53H,3-14,17,20-24,26,28-32,34,36-38H2,1-2H3,(H,47,50)/b16-15-,19-18-,27-25+,35-33+. The molecule has 0 spiro atoms. The van der Waals surface area contributed by atoms with E-state index >= 15 is 0 Å². The molecular formula is C46H83NO8. The van der Waals surface area contributed by atoms with Crippen molar-refractivity contribution in [2.45, 2.75) is 224 Å². The maximum Gasteiger partial charge on any atom is 0.220 e. The average Bonchev–Trinajstić information content (AvgIpc) is 3.18. The molecule has 0 bridgehead atoms. The van der Waals surface area contributed by atoms with Gasteiger partial charge in [0.2, 0.25) is 5.91 Å². The van der Waals surface area contributed by atoms with Crippen LogP contribution in [0.5, 0.6) is 0 Å². The number of carbonyl (C=O) groups is 1. The Bertz CT molecular complexity index is 998. The van der Waals surface area contributed by atoms with Crippen molar-refractivity contribution in [3.8, 4) is 0 Å². The first kappa shape index (κ1) is 51.2. The molecule has 55 heavy (non-hydrogen) atoms. The van der Waals surface area contributed by atoms with Gasteiger partial charge in [0.15, 0.2) is 6.29 Å². The zero-order chi connectivity index (χ0) is 40.2. The molecule has 9 nitrogen and oxygen atoms in total. The van der Waals surface area contributed by atoms with E-state index in [-0.39, 0.29) is 12.5 Å². The van der Waals surface area contributed by atoms with Crippen molar-refractivity contribution in [2.75, 3.05) is 13.2 Å². The van der Waals surface area contributed by atoms with E-state index in [4.69, 9.17) is 9.47 Å². The molecule has 1 amide bonds. The van der Waals surface area contributed by atoms with Gasteiger partial charge in [-0.2, -0.15) is 0 Å². The Hall–Kier alpha value is -1.85. The number of unbranched alkanes of at least 4 members (excludes halogenated alkanes) is 20. The van der Waals surface area contributed by atoms with Crippen molar-refractivity contribution in [1.82, 2.24) is 5.32 Å². The fraction of sp³-hybridized carbons (Fsp3) is 0.804. The van der Waals surface area contributed by atoms with Gasteiger partial charge in [0.05, 0.1) is 25.4 Å². The second-order valence-electron chi connectivity index (χ2n) is 15.5. The summed E-state index contributed by atoms with van der Waals surface area (Å²) in [6, 6.07) is -0.822. The predicted molar refractivity (Wildman–Crippen MR) is 226 cm³/mol. The third-order valence-electron chi connectivity index (χ3n) is 10.4. The zero-order valence-electron chi connectivity index (χ0n) is 34.9. The summed E-state index contributed by atoms with van der Waals surface area (Å²) in [6.07, 6.45) is 38.7. The monoisotopic (exact) mass is 778 g/mol. The van der Waals surface area contributed by atoms with Crippen LogP contribution >= 0.6 is 0 Å². The molecule has 1 aliphatic heterocycles. The van der Waals surface area contributed by atoms with E-state index in [1.54, 1.807) is 6.08 Å². The van der Waals surface area contributed by atoms with Crippen molar-refractivity contribution < 1.29 is 39.8 Å². The number of amides is 1. The van der Waals surface area contributed by atoms with E-state index in [1.165, 1.54) is 109 Å². The normalized spacial score (nSPS) is 21.8. The molecule has 7 atom stereocenters. The summed E-state index contributed by atoms with van der Waals surface area (Å²) in [5, 5.41) is 54.0. The lowest BCUT2D eigenvalue weighted by atomic mass is 9.99. The lowest BCUT2D eigenvalue weighted by molar-refractivity contribution is -0.302. The topological polar surface area (TPSA) is 149 Å². The van der Waals surface area contributed by atoms with Crippen LogP contribution in [0.2, 0.25) is 0 Å². The SMILES string of the molecule is CCCCCCC/C=C\C/C=C\CCCCCCCCCCCC(=O)NC(COC1OC(CO)C(O)C(O)C1O)C(O)/C=C/CC/C=C/CCCCCCC. The summed E-state index contributed by atoms with van der Waals surface area (Å²) < 4.78 is 11.2. The summed E-state index contributed by atoms with van der Waals surface area (Å²) in [7, 11) is 0. The molecule has 0 aliphatic carbocycles. The number of nitrogens with one attached hydrogen (secondary N) is 1. The van der Waals surface area contributed by atoms with E-state index in [1.807, 2.05) is 6.08 Å². The molecule has 0 radical (unpaired) electrons. The molecule has 7 unspecified atom stereocenters. The molecular weight excluding hydrogens is 695 g/mol. The highest BCUT2D eigenvalue weighted by Crippen LogP contribution is 2.22. The highest BCUT2D eigenvalue weighted by atomic mass is 16.7. The molecule has 9 heteroatoms. The van der Waals surface area contributed by atoms with Crippen LogP contribution in [-0.4, -0.2) is 87.5 Å². The Kier molecular flexibility index (Phi) is 33.9. The van der Waals surface area contributed by atoms with Crippen LogP contribution in [0.1, 0.15) is 181 Å². The number of aliphatic hydroxyl groups is 5. The molecule has 0 aromatic rings. The van der Waals surface area contributed by atoms with E-state index in [9.17, 15) is 30.3 Å². The number of ether oxygens (including phenoxy) is 2. The fourth-order valence-corrected chi connectivity index (χ4v) is 6.73. The summed E-state index contributed by atoms with van der Waals surface area (Å²) >= 11 is 0. The Morgan fingerprint density at radius 1 is 0.618 bits per heavy atom. The van der Waals surface area contributed by atoms with Gasteiger partial charge in [-0.1, -0.05) is 159 Å². The van der Waals surface area contributed by atoms with E-state index in [0.717, 1.165) is 51.4 Å². The maximum absolute atomic E-state index is 12.9. The van der Waals surface area contributed by atoms with Crippen LogP contribution in [0.25, 0.3) is 0 Å². The Balaban J connectivity index is 2.34. The molecule has 1 aliphatic rings. The third kappa shape index (κ3) is 27.4. The molecule has 1 heterocycles. The Morgan fingerprint density at radius 3 is 1.64 bits per heavy atom. The Labute approximate surface area is 335 Å². The van der Waals surface area contributed by atoms with Crippen LogP contribution in [0, 0.1) is 0 Å². The number of hydrogen-bond donors (Lipinski definition) is 6. The smallest absolute Gasteiger partial charge is 0.220 e. The molecule has 320 valence electrons. The molecule has 0 aromatic heterocycles. The lowest BCUT2D eigenvalue weighted by Gasteiger charge is -2.40. The molecule has 1 rings (SSSR count). The first-order valence-electron chi connectivity index (χ1n) is 22.4. The van der Waals surface area contributed by atoms with Crippen molar-refractivity contribution in [3.05, 3.63) is 48.6 Å². The number of aliphatic hydroxyl groups excluding tert-OH is 5. The van der Waals surface area contributed by atoms with Crippen molar-refractivity contribution >= 4 is 5.91 Å². The number of carbonyl (C=O) groups excluding carboxylic acids is 1. The minimum atomic E-state index is -1.57. The van der Waals surface area contributed by atoms with Gasteiger partial charge in [-0.05, 0) is 64.2 Å². The molecule has 1 saturated heterocycles. The minimum Gasteiger partial charge on any atom is -0.394 e. The third-order valence-corrected chi connectivity index (χ3v) is 10.4. The highest BCUT2D eigenvalue weighted by molar-refractivity contribution is 5.76. The van der Waals surface area contributed by atoms with Gasteiger partial charge >= 0.3 is 0 Å². The number of hydrogen-bond acceptors (Lipinski definition) is 8. The summed E-state index contributed by atoms with van der Waals surface area (Å²) in [5.74, 6) is -0.195. The second kappa shape index (κ2) is 36.5. The van der Waals surface area contributed by atoms with Gasteiger partial charge in [0, 0.05) is 6.42 Å². The van der Waals surface area contributed by atoms with Crippen LogP contribution in [0.15, 0.2) is 48.6 Å². The minimum absolute atomic E-state index is 0.195. The fourth-order valence-electron chi connectivity index (χ4n) is 6.73. The second-order valence-corrected chi connectivity index (χ2v) is 15.5. The van der Waals surface area contributed by atoms with Crippen LogP contribution in [0.4, 0.5) is 0 Å². The predicted octanol–water partition coefficient (Wildman–Crippen LogP) is 9.06. The van der Waals surface area contributed by atoms with Gasteiger partial charge < -0.3 is 40.3 Å². The van der Waals surface area contributed by atoms with E-state index in [2.05, 4.69) is 55.6 Å². The first-order valence-corrected chi connectivity index (χ1v) is 22.4. The van der Waals surface area contributed by atoms with E-state index < -0.39 is 49.5 Å². The van der Waals surface area contributed by atoms with Crippen molar-refractivity contribution in [2.24, 2.45) is 0 Å². The van der Waals surface area contributed by atoms with Gasteiger partial charge in [-0.3, -0.25) is 4.79 Å². The quantitative estimate of drug-likeness (QED) is 0.0273. The molecule has 0 aromatic carbocycles. The molecule has 1 fully saturated rings. The number of rotatable bonds is 36. The average molecular weight is 778 g/mol. The van der Waals surface area contributed by atoms with Crippen molar-refractivity contribution in [1.29, 1.82) is 0 Å². The maximum atomic E-state index is 12.9. The summed E-state index contributed by atoms with van der Waals surface area (Å²) in [4.78, 5) is 12.9. The van der Waals surface area contributed by atoms with E-state index in [0.29, 0.717) is 6.42 Å². The van der Waals surface area contributed by atoms with Gasteiger partial charge in [0.25, 0.3) is 0 Å². The highest BCUT2D eigenvalue weighted by Gasteiger charge is 2.44. The van der Waals surface area contributed by atoms with Crippen LogP contribution < -0.4 is 5.32 Å². The zero-order valence-corrected chi connectivity index (χ0v) is 34.9. The van der Waals surface area contributed by atoms with Crippen LogP contribution in [0.3, 0.4) is 0 Å². The van der Waals surface area contributed by atoms with Gasteiger partial charge in [0.1, 0.15) is 24.4 Å². The Morgan fingerprint density at radius 2 is 1.09 bits per heavy atom. The number of allylic oxidation sites excluding steroid dienone is 7. The molecule has 6 N–H and O–H groups in total.